The number of aryl methyl sites for hydroxylation is 1. The van der Waals surface area contributed by atoms with Gasteiger partial charge in [-0.05, 0) is 30.5 Å². The zero-order valence-electron chi connectivity index (χ0n) is 14.7. The van der Waals surface area contributed by atoms with Crippen LogP contribution in [0, 0.1) is 6.92 Å². The van der Waals surface area contributed by atoms with E-state index in [0.29, 0.717) is 16.0 Å². The number of hydrogen-bond acceptors (Lipinski definition) is 6. The highest BCUT2D eigenvalue weighted by molar-refractivity contribution is 7.18. The highest BCUT2D eigenvalue weighted by Gasteiger charge is 2.20. The summed E-state index contributed by atoms with van der Waals surface area (Å²) in [6, 6.07) is 13.2. The van der Waals surface area contributed by atoms with Crippen LogP contribution in [0.15, 0.2) is 52.6 Å². The summed E-state index contributed by atoms with van der Waals surface area (Å²) in [5, 5.41) is 2.76. The number of fused-ring (bicyclic) bond motifs is 1. The van der Waals surface area contributed by atoms with Gasteiger partial charge < -0.3 is 4.90 Å². The minimum absolute atomic E-state index is 0.0833. The molecule has 0 bridgehead atoms. The molecule has 0 aliphatic heterocycles. The molecule has 0 aliphatic carbocycles. The molecule has 0 atom stereocenters. The van der Waals surface area contributed by atoms with Gasteiger partial charge in [-0.25, -0.2) is 9.78 Å². The predicted molar refractivity (Wildman–Crippen MR) is 110 cm³/mol. The second-order valence-electron chi connectivity index (χ2n) is 5.98. The maximum atomic E-state index is 12.8. The topological polar surface area (TPSA) is 68.1 Å². The Balaban J connectivity index is 1.77. The molecule has 0 fully saturated rings. The van der Waals surface area contributed by atoms with Gasteiger partial charge in [0.1, 0.15) is 22.6 Å². The number of para-hydroxylation sites is 1. The first kappa shape index (κ1) is 17.6. The van der Waals surface area contributed by atoms with Gasteiger partial charge in [-0.3, -0.25) is 9.36 Å². The van der Waals surface area contributed by atoms with Crippen LogP contribution in [0.5, 0.6) is 0 Å². The standard InChI is InChI=1S/C19H16N4O2S2/c1-12-20-17-16(14-9-6-10-26-14)21-19(25)23(18(17)27-12)11-15(24)22(2)13-7-4-3-5-8-13/h3-10H,11H2,1-2H3. The number of hydrogen-bond donors (Lipinski definition) is 0. The van der Waals surface area contributed by atoms with Gasteiger partial charge >= 0.3 is 5.69 Å². The first-order valence-electron chi connectivity index (χ1n) is 8.28. The number of aromatic nitrogens is 3. The van der Waals surface area contributed by atoms with E-state index in [9.17, 15) is 9.59 Å². The fraction of sp³-hybridized carbons (Fsp3) is 0.158. The second kappa shape index (κ2) is 7.05. The third-order valence-corrected chi connectivity index (χ3v) is 6.06. The molecular formula is C19H16N4O2S2. The predicted octanol–water partition coefficient (Wildman–Crippen LogP) is 3.55. The lowest BCUT2D eigenvalue weighted by Crippen LogP contribution is -2.34. The number of likely N-dealkylation sites (N-methyl/N-ethyl adjacent to an activating group) is 1. The van der Waals surface area contributed by atoms with E-state index < -0.39 is 5.69 Å². The van der Waals surface area contributed by atoms with Crippen LogP contribution in [-0.2, 0) is 11.3 Å². The SMILES string of the molecule is Cc1nc2c(-c3cccs3)nc(=O)n(CC(=O)N(C)c3ccccc3)c2s1. The lowest BCUT2D eigenvalue weighted by molar-refractivity contribution is -0.118. The van der Waals surface area contributed by atoms with Crippen molar-refractivity contribution in [3.05, 3.63) is 63.3 Å². The number of rotatable bonds is 4. The van der Waals surface area contributed by atoms with Crippen LogP contribution in [0.1, 0.15) is 5.01 Å². The second-order valence-corrected chi connectivity index (χ2v) is 8.11. The fourth-order valence-corrected chi connectivity index (χ4v) is 4.43. The van der Waals surface area contributed by atoms with Crippen molar-refractivity contribution in [2.45, 2.75) is 13.5 Å². The van der Waals surface area contributed by atoms with Crippen LogP contribution in [0.2, 0.25) is 0 Å². The third kappa shape index (κ3) is 3.29. The quantitative estimate of drug-likeness (QED) is 0.529. The van der Waals surface area contributed by atoms with Gasteiger partial charge in [-0.1, -0.05) is 24.3 Å². The zero-order chi connectivity index (χ0) is 19.0. The van der Waals surface area contributed by atoms with Crippen molar-refractivity contribution in [3.63, 3.8) is 0 Å². The summed E-state index contributed by atoms with van der Waals surface area (Å²) in [5.41, 5.74) is 1.57. The summed E-state index contributed by atoms with van der Waals surface area (Å²) in [4.78, 5) is 37.4. The van der Waals surface area contributed by atoms with Crippen LogP contribution in [0.3, 0.4) is 0 Å². The van der Waals surface area contributed by atoms with Crippen LogP contribution < -0.4 is 10.6 Å². The molecule has 4 aromatic rings. The number of anilines is 1. The lowest BCUT2D eigenvalue weighted by Gasteiger charge is -2.18. The number of nitrogens with zero attached hydrogens (tertiary/aromatic N) is 4. The molecular weight excluding hydrogens is 380 g/mol. The van der Waals surface area contributed by atoms with Gasteiger partial charge in [-0.15, -0.1) is 22.7 Å². The third-order valence-electron chi connectivity index (χ3n) is 4.19. The average molecular weight is 396 g/mol. The summed E-state index contributed by atoms with van der Waals surface area (Å²) < 4.78 is 1.42. The van der Waals surface area contributed by atoms with Crippen LogP contribution >= 0.6 is 22.7 Å². The summed E-state index contributed by atoms with van der Waals surface area (Å²) in [5.74, 6) is -0.193. The molecule has 0 saturated heterocycles. The Labute approximate surface area is 163 Å². The van der Waals surface area contributed by atoms with Gasteiger partial charge in [0, 0.05) is 12.7 Å². The van der Waals surface area contributed by atoms with Gasteiger partial charge in [0.05, 0.1) is 9.88 Å². The van der Waals surface area contributed by atoms with Crippen LogP contribution in [0.4, 0.5) is 5.69 Å². The Hall–Kier alpha value is -2.84. The van der Waals surface area contributed by atoms with E-state index in [1.165, 1.54) is 27.2 Å². The van der Waals surface area contributed by atoms with Crippen molar-refractivity contribution in [3.8, 4) is 10.6 Å². The molecule has 0 N–H and O–H groups in total. The minimum atomic E-state index is -0.440. The van der Waals surface area contributed by atoms with Gasteiger partial charge in [0.25, 0.3) is 0 Å². The molecule has 8 heteroatoms. The molecule has 0 saturated carbocycles. The van der Waals surface area contributed by atoms with Gasteiger partial charge in [0.15, 0.2) is 0 Å². The Bertz CT molecular complexity index is 1160. The maximum Gasteiger partial charge on any atom is 0.349 e. The Morgan fingerprint density at radius 3 is 2.63 bits per heavy atom. The van der Waals surface area contributed by atoms with Crippen molar-refractivity contribution < 1.29 is 4.79 Å². The minimum Gasteiger partial charge on any atom is -0.314 e. The molecule has 1 aromatic carbocycles. The van der Waals surface area contributed by atoms with E-state index in [-0.39, 0.29) is 12.5 Å². The summed E-state index contributed by atoms with van der Waals surface area (Å²) in [6.07, 6.45) is 0. The first-order valence-corrected chi connectivity index (χ1v) is 9.97. The van der Waals surface area contributed by atoms with Gasteiger partial charge in [-0.2, -0.15) is 4.98 Å². The highest BCUT2D eigenvalue weighted by atomic mass is 32.1. The lowest BCUT2D eigenvalue weighted by atomic mass is 10.3. The molecule has 0 aliphatic rings. The Morgan fingerprint density at radius 1 is 1.15 bits per heavy atom. The number of thiophene rings is 1. The smallest absolute Gasteiger partial charge is 0.314 e. The number of carbonyl (C=O) groups is 1. The van der Waals surface area contributed by atoms with E-state index in [0.717, 1.165) is 15.6 Å². The van der Waals surface area contributed by atoms with E-state index in [1.807, 2.05) is 54.8 Å². The summed E-state index contributed by atoms with van der Waals surface area (Å²) in [6.45, 7) is 1.80. The Morgan fingerprint density at radius 2 is 1.93 bits per heavy atom. The van der Waals surface area contributed by atoms with Crippen molar-refractivity contribution >= 4 is 44.6 Å². The molecule has 3 aromatic heterocycles. The largest absolute Gasteiger partial charge is 0.349 e. The summed E-state index contributed by atoms with van der Waals surface area (Å²) in [7, 11) is 1.70. The Kier molecular flexibility index (Phi) is 4.59. The molecule has 4 rings (SSSR count). The highest BCUT2D eigenvalue weighted by Crippen LogP contribution is 2.31. The summed E-state index contributed by atoms with van der Waals surface area (Å²) >= 11 is 2.91. The van der Waals surface area contributed by atoms with Crippen molar-refractivity contribution in [2.75, 3.05) is 11.9 Å². The zero-order valence-corrected chi connectivity index (χ0v) is 16.4. The van der Waals surface area contributed by atoms with E-state index in [4.69, 9.17) is 0 Å². The molecule has 0 unspecified atom stereocenters. The monoisotopic (exact) mass is 396 g/mol. The van der Waals surface area contributed by atoms with E-state index in [2.05, 4.69) is 9.97 Å². The van der Waals surface area contributed by atoms with Gasteiger partial charge in [0.2, 0.25) is 5.91 Å². The number of amides is 1. The average Bonchev–Trinajstić information content (AvgIpc) is 3.33. The number of benzene rings is 1. The molecule has 0 spiro atoms. The molecule has 136 valence electrons. The molecule has 27 heavy (non-hydrogen) atoms. The fourth-order valence-electron chi connectivity index (χ4n) is 2.81. The molecule has 3 heterocycles. The van der Waals surface area contributed by atoms with Crippen molar-refractivity contribution in [2.24, 2.45) is 0 Å². The normalized spacial score (nSPS) is 11.0. The van der Waals surface area contributed by atoms with E-state index >= 15 is 0 Å². The van der Waals surface area contributed by atoms with Crippen LogP contribution in [0.25, 0.3) is 20.9 Å². The first-order chi connectivity index (χ1) is 13.0. The van der Waals surface area contributed by atoms with Crippen molar-refractivity contribution in [1.82, 2.24) is 14.5 Å². The van der Waals surface area contributed by atoms with E-state index in [1.54, 1.807) is 11.9 Å². The molecule has 0 radical (unpaired) electrons. The number of thiazole rings is 1. The molecule has 1 amide bonds. The number of carbonyl (C=O) groups excluding carboxylic acids is 1. The molecule has 6 nitrogen and oxygen atoms in total. The van der Waals surface area contributed by atoms with Crippen molar-refractivity contribution in [1.29, 1.82) is 0 Å². The van der Waals surface area contributed by atoms with Crippen LogP contribution in [-0.4, -0.2) is 27.5 Å². The maximum absolute atomic E-state index is 12.8.